The van der Waals surface area contributed by atoms with Gasteiger partial charge in [-0.15, -0.1) is 0 Å². The lowest BCUT2D eigenvalue weighted by Crippen LogP contribution is -2.41. The highest BCUT2D eigenvalue weighted by molar-refractivity contribution is 6.31. The van der Waals surface area contributed by atoms with Gasteiger partial charge in [-0.3, -0.25) is 9.59 Å². The summed E-state index contributed by atoms with van der Waals surface area (Å²) in [5.74, 6) is -0.0793. The number of halogens is 1. The summed E-state index contributed by atoms with van der Waals surface area (Å²) in [5.41, 5.74) is 1.73. The molecular formula is C18H23ClN2O3. The number of aryl methyl sites for hydroxylation is 1. The molecule has 6 heteroatoms. The van der Waals surface area contributed by atoms with E-state index >= 15 is 0 Å². The molecule has 1 aliphatic heterocycles. The van der Waals surface area contributed by atoms with E-state index in [2.05, 4.69) is 6.58 Å². The number of carbonyl (C=O) groups is 2. The smallest absolute Gasteiger partial charge is 0.246 e. The SMILES string of the molecule is C=CC(=O)N(CC)CC(=O)N1CCC(c2cc(C)c(Cl)cc2O)C1. The van der Waals surface area contributed by atoms with Crippen LogP contribution >= 0.6 is 11.6 Å². The van der Waals surface area contributed by atoms with Crippen molar-refractivity contribution in [3.05, 3.63) is 40.9 Å². The standard InChI is InChI=1S/C18H23ClN2O3/c1-4-17(23)20(5-2)11-18(24)21-7-6-13(10-21)14-8-12(3)15(19)9-16(14)22/h4,8-9,13,22H,1,5-7,10-11H2,2-3H3. The number of aromatic hydroxyl groups is 1. The second kappa shape index (κ2) is 7.71. The predicted octanol–water partition coefficient (Wildman–Crippen LogP) is 2.70. The van der Waals surface area contributed by atoms with Gasteiger partial charge in [0, 0.05) is 30.6 Å². The monoisotopic (exact) mass is 350 g/mol. The summed E-state index contributed by atoms with van der Waals surface area (Å²) in [4.78, 5) is 27.3. The predicted molar refractivity (Wildman–Crippen MR) is 94.2 cm³/mol. The van der Waals surface area contributed by atoms with Gasteiger partial charge in [-0.25, -0.2) is 0 Å². The van der Waals surface area contributed by atoms with Crippen molar-refractivity contribution >= 4 is 23.4 Å². The zero-order valence-corrected chi connectivity index (χ0v) is 14.8. The molecule has 130 valence electrons. The molecule has 2 amide bonds. The van der Waals surface area contributed by atoms with Crippen LogP contribution < -0.4 is 0 Å². The third kappa shape index (κ3) is 3.90. The van der Waals surface area contributed by atoms with Gasteiger partial charge in [-0.1, -0.05) is 24.2 Å². The number of hydrogen-bond acceptors (Lipinski definition) is 3. The van der Waals surface area contributed by atoms with E-state index in [9.17, 15) is 14.7 Å². The third-order valence-corrected chi connectivity index (χ3v) is 4.89. The Morgan fingerprint density at radius 3 is 2.83 bits per heavy atom. The summed E-state index contributed by atoms with van der Waals surface area (Å²) in [6.07, 6.45) is 2.00. The maximum Gasteiger partial charge on any atom is 0.246 e. The molecule has 0 aromatic heterocycles. The average Bonchev–Trinajstić information content (AvgIpc) is 3.04. The molecule has 5 nitrogen and oxygen atoms in total. The van der Waals surface area contributed by atoms with E-state index in [4.69, 9.17) is 11.6 Å². The maximum atomic E-state index is 12.4. The number of hydrogen-bond donors (Lipinski definition) is 1. The second-order valence-corrected chi connectivity index (χ2v) is 6.45. The fourth-order valence-electron chi connectivity index (χ4n) is 3.00. The lowest BCUT2D eigenvalue weighted by atomic mass is 9.96. The third-order valence-electron chi connectivity index (χ3n) is 4.48. The molecule has 0 aliphatic carbocycles. The second-order valence-electron chi connectivity index (χ2n) is 6.04. The van der Waals surface area contributed by atoms with Gasteiger partial charge in [0.25, 0.3) is 0 Å². The molecule has 0 radical (unpaired) electrons. The molecule has 24 heavy (non-hydrogen) atoms. The molecule has 0 bridgehead atoms. The van der Waals surface area contributed by atoms with Crippen molar-refractivity contribution in [2.24, 2.45) is 0 Å². The van der Waals surface area contributed by atoms with Crippen LogP contribution in [-0.2, 0) is 9.59 Å². The van der Waals surface area contributed by atoms with Crippen LogP contribution in [0.3, 0.4) is 0 Å². The minimum atomic E-state index is -0.243. The summed E-state index contributed by atoms with van der Waals surface area (Å²) >= 11 is 6.02. The zero-order chi connectivity index (χ0) is 17.9. The van der Waals surface area contributed by atoms with Crippen molar-refractivity contribution in [2.45, 2.75) is 26.2 Å². The number of phenols is 1. The summed E-state index contributed by atoms with van der Waals surface area (Å²) in [5, 5.41) is 10.7. The molecule has 0 spiro atoms. The maximum absolute atomic E-state index is 12.4. The Kier molecular flexibility index (Phi) is 5.89. The molecule has 1 saturated heterocycles. The van der Waals surface area contributed by atoms with Gasteiger partial charge >= 0.3 is 0 Å². The normalized spacial score (nSPS) is 17.0. The summed E-state index contributed by atoms with van der Waals surface area (Å²) in [7, 11) is 0. The molecule has 1 heterocycles. The Hall–Kier alpha value is -2.01. The Bertz CT molecular complexity index is 660. The fraction of sp³-hybridized carbons (Fsp3) is 0.444. The molecular weight excluding hydrogens is 328 g/mol. The van der Waals surface area contributed by atoms with Crippen LogP contribution in [0.15, 0.2) is 24.8 Å². The van der Waals surface area contributed by atoms with Crippen LogP contribution in [0, 0.1) is 6.92 Å². The van der Waals surface area contributed by atoms with E-state index in [1.165, 1.54) is 11.0 Å². The molecule has 1 aromatic rings. The van der Waals surface area contributed by atoms with Crippen molar-refractivity contribution in [2.75, 3.05) is 26.2 Å². The topological polar surface area (TPSA) is 60.9 Å². The molecule has 1 fully saturated rings. The van der Waals surface area contributed by atoms with Crippen molar-refractivity contribution in [3.8, 4) is 5.75 Å². The van der Waals surface area contributed by atoms with Crippen LogP contribution in [0.1, 0.15) is 30.4 Å². The Labute approximate surface area is 147 Å². The number of phenolic OH excluding ortho intramolecular Hbond substituents is 1. The molecule has 0 saturated carbocycles. The zero-order valence-electron chi connectivity index (χ0n) is 14.1. The van der Waals surface area contributed by atoms with Gasteiger partial charge in [0.1, 0.15) is 5.75 Å². The van der Waals surface area contributed by atoms with E-state index in [0.29, 0.717) is 24.7 Å². The minimum absolute atomic E-state index is 0.0553. The van der Waals surface area contributed by atoms with Crippen molar-refractivity contribution < 1.29 is 14.7 Å². The molecule has 1 atom stereocenters. The molecule has 2 rings (SSSR count). The molecule has 1 unspecified atom stereocenters. The first-order valence-corrected chi connectivity index (χ1v) is 8.43. The van der Waals surface area contributed by atoms with Gasteiger partial charge in [0.2, 0.25) is 11.8 Å². The number of rotatable bonds is 5. The molecule has 1 aromatic carbocycles. The minimum Gasteiger partial charge on any atom is -0.508 e. The lowest BCUT2D eigenvalue weighted by molar-refractivity contribution is -0.137. The number of nitrogens with zero attached hydrogens (tertiary/aromatic N) is 2. The first-order valence-electron chi connectivity index (χ1n) is 8.05. The van der Waals surface area contributed by atoms with Gasteiger partial charge in [-0.2, -0.15) is 0 Å². The average molecular weight is 351 g/mol. The Morgan fingerprint density at radius 2 is 2.21 bits per heavy atom. The van der Waals surface area contributed by atoms with Crippen LogP contribution in [0.5, 0.6) is 5.75 Å². The molecule has 1 aliphatic rings. The lowest BCUT2D eigenvalue weighted by Gasteiger charge is -2.23. The van der Waals surface area contributed by atoms with E-state index in [-0.39, 0.29) is 30.0 Å². The summed E-state index contributed by atoms with van der Waals surface area (Å²) in [6, 6.07) is 3.44. The van der Waals surface area contributed by atoms with Crippen LogP contribution in [-0.4, -0.2) is 52.9 Å². The van der Waals surface area contributed by atoms with E-state index in [1.54, 1.807) is 11.0 Å². The quantitative estimate of drug-likeness (QED) is 0.830. The highest BCUT2D eigenvalue weighted by Crippen LogP contribution is 2.36. The number of likely N-dealkylation sites (tertiary alicyclic amines) is 1. The number of benzene rings is 1. The van der Waals surface area contributed by atoms with E-state index < -0.39 is 0 Å². The van der Waals surface area contributed by atoms with Crippen molar-refractivity contribution in [1.29, 1.82) is 0 Å². The van der Waals surface area contributed by atoms with Gasteiger partial charge < -0.3 is 14.9 Å². The van der Waals surface area contributed by atoms with Crippen LogP contribution in [0.2, 0.25) is 5.02 Å². The Morgan fingerprint density at radius 1 is 1.50 bits per heavy atom. The van der Waals surface area contributed by atoms with E-state index in [1.807, 2.05) is 19.9 Å². The van der Waals surface area contributed by atoms with Gasteiger partial charge in [0.15, 0.2) is 0 Å². The first kappa shape index (κ1) is 18.3. The Balaban J connectivity index is 2.05. The van der Waals surface area contributed by atoms with Crippen LogP contribution in [0.4, 0.5) is 0 Å². The summed E-state index contributed by atoms with van der Waals surface area (Å²) in [6.45, 7) is 8.85. The first-order chi connectivity index (χ1) is 11.4. The van der Waals surface area contributed by atoms with Crippen molar-refractivity contribution in [1.82, 2.24) is 9.80 Å². The highest BCUT2D eigenvalue weighted by Gasteiger charge is 2.30. The van der Waals surface area contributed by atoms with Gasteiger partial charge in [-0.05, 0) is 43.5 Å². The van der Waals surface area contributed by atoms with Gasteiger partial charge in [0.05, 0.1) is 6.54 Å². The number of amides is 2. The van der Waals surface area contributed by atoms with Crippen molar-refractivity contribution in [3.63, 3.8) is 0 Å². The highest BCUT2D eigenvalue weighted by atomic mass is 35.5. The van der Waals surface area contributed by atoms with Crippen LogP contribution in [0.25, 0.3) is 0 Å². The summed E-state index contributed by atoms with van der Waals surface area (Å²) < 4.78 is 0. The number of likely N-dealkylation sites (N-methyl/N-ethyl adjacent to an activating group) is 1. The fourth-order valence-corrected chi connectivity index (χ4v) is 3.16. The number of carbonyl (C=O) groups excluding carboxylic acids is 2. The molecule has 1 N–H and O–H groups in total. The largest absolute Gasteiger partial charge is 0.508 e. The van der Waals surface area contributed by atoms with E-state index in [0.717, 1.165) is 17.5 Å².